The summed E-state index contributed by atoms with van der Waals surface area (Å²) in [6.07, 6.45) is 5.20. The minimum atomic E-state index is -0.153. The first kappa shape index (κ1) is 16.2. The van der Waals surface area contributed by atoms with Crippen molar-refractivity contribution in [1.29, 1.82) is 0 Å². The molecule has 2 N–H and O–H groups in total. The monoisotopic (exact) mass is 325 g/mol. The molecule has 3 rings (SSSR count). The molecule has 0 radical (unpaired) electrons. The third-order valence-corrected chi connectivity index (χ3v) is 4.07. The molecular formula is C18H23N5O. The van der Waals surface area contributed by atoms with Crippen molar-refractivity contribution in [2.75, 3.05) is 23.3 Å². The first-order valence-corrected chi connectivity index (χ1v) is 8.44. The van der Waals surface area contributed by atoms with Crippen LogP contribution in [0.3, 0.4) is 0 Å². The Bertz CT molecular complexity index is 676. The molecule has 1 fully saturated rings. The van der Waals surface area contributed by atoms with Crippen LogP contribution in [0.25, 0.3) is 0 Å². The summed E-state index contributed by atoms with van der Waals surface area (Å²) in [6, 6.07) is 8.52. The van der Waals surface area contributed by atoms with E-state index in [4.69, 9.17) is 0 Å². The number of nitrogens with one attached hydrogen (secondary N) is 2. The van der Waals surface area contributed by atoms with E-state index in [9.17, 15) is 4.79 Å². The fourth-order valence-electron chi connectivity index (χ4n) is 2.49. The summed E-state index contributed by atoms with van der Waals surface area (Å²) in [4.78, 5) is 22.6. The Morgan fingerprint density at radius 1 is 1.12 bits per heavy atom. The highest BCUT2D eigenvalue weighted by atomic mass is 16.2. The van der Waals surface area contributed by atoms with Crippen LogP contribution in [0.15, 0.2) is 36.7 Å². The number of anilines is 3. The van der Waals surface area contributed by atoms with Gasteiger partial charge >= 0.3 is 0 Å². The van der Waals surface area contributed by atoms with E-state index in [1.165, 1.54) is 11.9 Å². The molecule has 6 heteroatoms. The van der Waals surface area contributed by atoms with Crippen LogP contribution in [0.2, 0.25) is 0 Å². The van der Waals surface area contributed by atoms with Gasteiger partial charge in [0.05, 0.1) is 12.4 Å². The van der Waals surface area contributed by atoms with E-state index in [2.05, 4.69) is 51.5 Å². The molecule has 0 bridgehead atoms. The molecule has 0 spiro atoms. The molecule has 0 atom stereocenters. The number of hydrogen-bond donors (Lipinski definition) is 2. The lowest BCUT2D eigenvalue weighted by molar-refractivity contribution is 0.0945. The Morgan fingerprint density at radius 3 is 2.38 bits per heavy atom. The highest BCUT2D eigenvalue weighted by Gasteiger charge is 2.24. The number of aromatic nitrogens is 2. The molecular weight excluding hydrogens is 302 g/mol. The van der Waals surface area contributed by atoms with Crippen molar-refractivity contribution >= 4 is 23.1 Å². The lowest BCUT2D eigenvalue weighted by Gasteiger charge is -2.21. The summed E-state index contributed by atoms with van der Waals surface area (Å²) in [5.74, 6) is 0.466. The quantitative estimate of drug-likeness (QED) is 0.819. The summed E-state index contributed by atoms with van der Waals surface area (Å²) in [5.41, 5.74) is 2.49. The third kappa shape index (κ3) is 4.01. The molecule has 0 aliphatic heterocycles. The predicted octanol–water partition coefficient (Wildman–Crippen LogP) is 2.96. The highest BCUT2D eigenvalue weighted by Crippen LogP contribution is 2.21. The summed E-state index contributed by atoms with van der Waals surface area (Å²) in [7, 11) is 0. The molecule has 0 unspecified atom stereocenters. The first-order chi connectivity index (χ1) is 11.7. The van der Waals surface area contributed by atoms with Gasteiger partial charge in [-0.1, -0.05) is 0 Å². The normalized spacial score (nSPS) is 13.4. The van der Waals surface area contributed by atoms with E-state index in [0.717, 1.165) is 31.6 Å². The van der Waals surface area contributed by atoms with Crippen LogP contribution >= 0.6 is 0 Å². The van der Waals surface area contributed by atoms with E-state index in [1.54, 1.807) is 6.20 Å². The molecule has 1 amide bonds. The van der Waals surface area contributed by atoms with Crippen molar-refractivity contribution in [2.24, 2.45) is 0 Å². The fraction of sp³-hybridized carbons (Fsp3) is 0.389. The molecule has 1 heterocycles. The lowest BCUT2D eigenvalue weighted by atomic mass is 10.2. The van der Waals surface area contributed by atoms with Gasteiger partial charge in [0, 0.05) is 30.5 Å². The maximum atomic E-state index is 11.9. The SMILES string of the molecule is CCN(CC)c1ccc(Nc2cnc(C(=O)NC3CC3)cn2)cc1. The Morgan fingerprint density at radius 2 is 1.83 bits per heavy atom. The summed E-state index contributed by atoms with van der Waals surface area (Å²) < 4.78 is 0. The van der Waals surface area contributed by atoms with Crippen LogP contribution in [-0.2, 0) is 0 Å². The van der Waals surface area contributed by atoms with Crippen molar-refractivity contribution in [3.05, 3.63) is 42.4 Å². The highest BCUT2D eigenvalue weighted by molar-refractivity contribution is 5.92. The summed E-state index contributed by atoms with van der Waals surface area (Å²) >= 11 is 0. The second-order valence-corrected chi connectivity index (χ2v) is 5.88. The van der Waals surface area contributed by atoms with Crippen LogP contribution in [0, 0.1) is 0 Å². The Kier molecular flexibility index (Phi) is 4.93. The third-order valence-electron chi connectivity index (χ3n) is 4.07. The van der Waals surface area contributed by atoms with Gasteiger partial charge in [0.1, 0.15) is 11.5 Å². The first-order valence-electron chi connectivity index (χ1n) is 8.44. The zero-order valence-corrected chi connectivity index (χ0v) is 14.1. The van der Waals surface area contributed by atoms with Gasteiger partial charge in [0.15, 0.2) is 0 Å². The second-order valence-electron chi connectivity index (χ2n) is 5.88. The molecule has 1 saturated carbocycles. The molecule has 6 nitrogen and oxygen atoms in total. The van der Waals surface area contributed by atoms with E-state index < -0.39 is 0 Å². The van der Waals surface area contributed by atoms with Gasteiger partial charge in [0.25, 0.3) is 5.91 Å². The molecule has 1 aromatic carbocycles. The van der Waals surface area contributed by atoms with Crippen molar-refractivity contribution in [3.8, 4) is 0 Å². The van der Waals surface area contributed by atoms with Crippen molar-refractivity contribution in [3.63, 3.8) is 0 Å². The smallest absolute Gasteiger partial charge is 0.271 e. The average Bonchev–Trinajstić information content (AvgIpc) is 3.42. The van der Waals surface area contributed by atoms with Gasteiger partial charge in [-0.2, -0.15) is 0 Å². The van der Waals surface area contributed by atoms with Crippen LogP contribution in [0.4, 0.5) is 17.2 Å². The molecule has 1 aliphatic carbocycles. The van der Waals surface area contributed by atoms with Gasteiger partial charge in [-0.25, -0.2) is 9.97 Å². The van der Waals surface area contributed by atoms with Crippen LogP contribution < -0.4 is 15.5 Å². The molecule has 1 aliphatic rings. The van der Waals surface area contributed by atoms with Crippen molar-refractivity contribution in [1.82, 2.24) is 15.3 Å². The molecule has 1 aromatic heterocycles. The van der Waals surface area contributed by atoms with E-state index >= 15 is 0 Å². The van der Waals surface area contributed by atoms with Gasteiger partial charge in [0.2, 0.25) is 0 Å². The molecule has 2 aromatic rings. The van der Waals surface area contributed by atoms with Gasteiger partial charge in [-0.05, 0) is 51.0 Å². The number of amides is 1. The van der Waals surface area contributed by atoms with Crippen molar-refractivity contribution < 1.29 is 4.79 Å². The maximum Gasteiger partial charge on any atom is 0.271 e. The number of carbonyl (C=O) groups excluding carboxylic acids is 1. The predicted molar refractivity (Wildman–Crippen MR) is 95.8 cm³/mol. The maximum absolute atomic E-state index is 11.9. The van der Waals surface area contributed by atoms with Gasteiger partial charge in [-0.3, -0.25) is 4.79 Å². The van der Waals surface area contributed by atoms with Crippen LogP contribution in [0.5, 0.6) is 0 Å². The second kappa shape index (κ2) is 7.29. The zero-order chi connectivity index (χ0) is 16.9. The molecule has 126 valence electrons. The number of rotatable bonds is 7. The Balaban J connectivity index is 1.62. The van der Waals surface area contributed by atoms with Crippen LogP contribution in [-0.4, -0.2) is 35.0 Å². The number of carbonyl (C=O) groups is 1. The lowest BCUT2D eigenvalue weighted by Crippen LogP contribution is -2.26. The van der Waals surface area contributed by atoms with Crippen LogP contribution in [0.1, 0.15) is 37.2 Å². The fourth-order valence-corrected chi connectivity index (χ4v) is 2.49. The summed E-state index contributed by atoms with van der Waals surface area (Å²) in [6.45, 7) is 6.26. The Hall–Kier alpha value is -2.63. The molecule has 0 saturated heterocycles. The van der Waals surface area contributed by atoms with Gasteiger partial charge < -0.3 is 15.5 Å². The van der Waals surface area contributed by atoms with Crippen molar-refractivity contribution in [2.45, 2.75) is 32.7 Å². The number of benzene rings is 1. The number of nitrogens with zero attached hydrogens (tertiary/aromatic N) is 3. The summed E-state index contributed by atoms with van der Waals surface area (Å²) in [5, 5.41) is 6.10. The standard InChI is InChI=1S/C18H23N5O/c1-3-23(4-2)15-9-7-13(8-10-15)21-17-12-19-16(11-20-17)18(24)22-14-5-6-14/h7-12,14H,3-6H2,1-2H3,(H,20,21)(H,22,24). The largest absolute Gasteiger partial charge is 0.372 e. The molecule has 24 heavy (non-hydrogen) atoms. The minimum absolute atomic E-state index is 0.153. The minimum Gasteiger partial charge on any atom is -0.372 e. The zero-order valence-electron chi connectivity index (χ0n) is 14.1. The number of hydrogen-bond acceptors (Lipinski definition) is 5. The van der Waals surface area contributed by atoms with Gasteiger partial charge in [-0.15, -0.1) is 0 Å². The Labute approximate surface area is 142 Å². The van der Waals surface area contributed by atoms with E-state index in [0.29, 0.717) is 17.6 Å². The van der Waals surface area contributed by atoms with E-state index in [1.807, 2.05) is 12.1 Å². The van der Waals surface area contributed by atoms with E-state index in [-0.39, 0.29) is 5.91 Å². The average molecular weight is 325 g/mol. The topological polar surface area (TPSA) is 70.2 Å².